The van der Waals surface area contributed by atoms with Crippen molar-refractivity contribution in [3.05, 3.63) is 65.2 Å². The van der Waals surface area contributed by atoms with E-state index in [4.69, 9.17) is 0 Å². The van der Waals surface area contributed by atoms with Gasteiger partial charge < -0.3 is 10.6 Å². The van der Waals surface area contributed by atoms with E-state index in [1.807, 2.05) is 19.1 Å². The number of benzene rings is 2. The highest BCUT2D eigenvalue weighted by Gasteiger charge is 2.08. The summed E-state index contributed by atoms with van der Waals surface area (Å²) in [4.78, 5) is 34.9. The summed E-state index contributed by atoms with van der Waals surface area (Å²) in [5.74, 6) is -0.665. The first-order chi connectivity index (χ1) is 11.0. The summed E-state index contributed by atoms with van der Waals surface area (Å²) in [7, 11) is 0. The lowest BCUT2D eigenvalue weighted by atomic mass is 10.1. The molecule has 5 heteroatoms. The van der Waals surface area contributed by atoms with E-state index in [-0.39, 0.29) is 24.1 Å². The van der Waals surface area contributed by atoms with Crippen LogP contribution in [0.5, 0.6) is 0 Å². The summed E-state index contributed by atoms with van der Waals surface area (Å²) in [6.07, 6.45) is 0. The normalized spacial score (nSPS) is 10.0. The topological polar surface area (TPSA) is 75.3 Å². The second kappa shape index (κ2) is 7.35. The summed E-state index contributed by atoms with van der Waals surface area (Å²) >= 11 is 0. The minimum absolute atomic E-state index is 0.0340. The number of amides is 2. The van der Waals surface area contributed by atoms with Crippen LogP contribution in [-0.4, -0.2) is 24.1 Å². The van der Waals surface area contributed by atoms with Gasteiger partial charge in [-0.1, -0.05) is 17.7 Å². The van der Waals surface area contributed by atoms with Gasteiger partial charge in [-0.3, -0.25) is 14.4 Å². The maximum absolute atomic E-state index is 11.9. The molecule has 0 radical (unpaired) electrons. The van der Waals surface area contributed by atoms with Crippen LogP contribution in [0.15, 0.2) is 48.5 Å². The van der Waals surface area contributed by atoms with Crippen LogP contribution in [0.1, 0.15) is 33.2 Å². The van der Waals surface area contributed by atoms with Crippen molar-refractivity contribution in [1.82, 2.24) is 5.32 Å². The standard InChI is InChI=1S/C18H18N2O3/c1-12-3-5-15(6-4-12)18(23)19-11-17(22)20-16-9-7-14(8-10-16)13(2)21/h3-10H,11H2,1-2H3,(H,19,23)(H,20,22). The van der Waals surface area contributed by atoms with Crippen molar-refractivity contribution in [3.63, 3.8) is 0 Å². The Kier molecular flexibility index (Phi) is 5.25. The number of hydrogen-bond acceptors (Lipinski definition) is 3. The fourth-order valence-electron chi connectivity index (χ4n) is 1.96. The zero-order valence-corrected chi connectivity index (χ0v) is 13.1. The quantitative estimate of drug-likeness (QED) is 0.833. The Labute approximate surface area is 134 Å². The number of ketones is 1. The predicted molar refractivity (Wildman–Crippen MR) is 88.6 cm³/mol. The highest BCUT2D eigenvalue weighted by molar-refractivity contribution is 5.99. The van der Waals surface area contributed by atoms with Crippen LogP contribution in [0.2, 0.25) is 0 Å². The van der Waals surface area contributed by atoms with Gasteiger partial charge in [0.25, 0.3) is 5.91 Å². The summed E-state index contributed by atoms with van der Waals surface area (Å²) < 4.78 is 0. The van der Waals surface area contributed by atoms with Gasteiger partial charge in [-0.15, -0.1) is 0 Å². The van der Waals surface area contributed by atoms with Gasteiger partial charge in [0.1, 0.15) is 0 Å². The molecular formula is C18H18N2O3. The molecule has 0 aromatic heterocycles. The summed E-state index contributed by atoms with van der Waals surface area (Å²) in [6, 6.07) is 13.7. The molecule has 2 amide bonds. The lowest BCUT2D eigenvalue weighted by Gasteiger charge is -2.07. The van der Waals surface area contributed by atoms with Crippen molar-refractivity contribution < 1.29 is 14.4 Å². The molecule has 0 fully saturated rings. The maximum Gasteiger partial charge on any atom is 0.251 e. The van der Waals surface area contributed by atoms with Crippen LogP contribution in [0.3, 0.4) is 0 Å². The van der Waals surface area contributed by atoms with Crippen molar-refractivity contribution in [1.29, 1.82) is 0 Å². The van der Waals surface area contributed by atoms with Gasteiger partial charge in [0.15, 0.2) is 5.78 Å². The Morgan fingerprint density at radius 2 is 1.43 bits per heavy atom. The molecule has 118 valence electrons. The first-order valence-corrected chi connectivity index (χ1v) is 7.21. The van der Waals surface area contributed by atoms with Crippen molar-refractivity contribution >= 4 is 23.3 Å². The van der Waals surface area contributed by atoms with Crippen LogP contribution < -0.4 is 10.6 Å². The Bertz CT molecular complexity index is 719. The molecule has 2 rings (SSSR count). The van der Waals surface area contributed by atoms with E-state index in [0.29, 0.717) is 16.8 Å². The van der Waals surface area contributed by atoms with E-state index >= 15 is 0 Å². The molecule has 0 atom stereocenters. The van der Waals surface area contributed by atoms with Gasteiger partial charge in [0.05, 0.1) is 6.54 Å². The van der Waals surface area contributed by atoms with Crippen molar-refractivity contribution in [2.45, 2.75) is 13.8 Å². The third-order valence-electron chi connectivity index (χ3n) is 3.30. The lowest BCUT2D eigenvalue weighted by molar-refractivity contribution is -0.115. The van der Waals surface area contributed by atoms with Crippen molar-refractivity contribution in [2.24, 2.45) is 0 Å². The molecule has 0 saturated heterocycles. The van der Waals surface area contributed by atoms with Gasteiger partial charge in [0, 0.05) is 16.8 Å². The fourth-order valence-corrected chi connectivity index (χ4v) is 1.96. The average Bonchev–Trinajstić information content (AvgIpc) is 2.54. The zero-order chi connectivity index (χ0) is 16.8. The SMILES string of the molecule is CC(=O)c1ccc(NC(=O)CNC(=O)c2ccc(C)cc2)cc1. The average molecular weight is 310 g/mol. The number of nitrogens with one attached hydrogen (secondary N) is 2. The number of carbonyl (C=O) groups is 3. The molecular weight excluding hydrogens is 292 g/mol. The molecule has 0 aliphatic heterocycles. The van der Waals surface area contributed by atoms with Gasteiger partial charge in [-0.25, -0.2) is 0 Å². The molecule has 0 bridgehead atoms. The van der Waals surface area contributed by atoms with Gasteiger partial charge in [0.2, 0.25) is 5.91 Å². The summed E-state index contributed by atoms with van der Waals surface area (Å²) in [5.41, 5.74) is 2.72. The second-order valence-corrected chi connectivity index (χ2v) is 5.23. The molecule has 0 heterocycles. The van der Waals surface area contributed by atoms with Crippen LogP contribution in [-0.2, 0) is 4.79 Å². The Morgan fingerprint density at radius 3 is 2.00 bits per heavy atom. The molecule has 2 aromatic rings. The van der Waals surface area contributed by atoms with Crippen LogP contribution in [0, 0.1) is 6.92 Å². The Morgan fingerprint density at radius 1 is 0.870 bits per heavy atom. The predicted octanol–water partition coefficient (Wildman–Crippen LogP) is 2.57. The van der Waals surface area contributed by atoms with Crippen molar-refractivity contribution in [3.8, 4) is 0 Å². The monoisotopic (exact) mass is 310 g/mol. The van der Waals surface area contributed by atoms with Crippen LogP contribution >= 0.6 is 0 Å². The molecule has 2 aromatic carbocycles. The van der Waals surface area contributed by atoms with Crippen LogP contribution in [0.25, 0.3) is 0 Å². The number of Topliss-reactive ketones (excluding diaryl/α,β-unsaturated/α-hetero) is 1. The number of aryl methyl sites for hydroxylation is 1. The molecule has 5 nitrogen and oxygen atoms in total. The van der Waals surface area contributed by atoms with Crippen LogP contribution in [0.4, 0.5) is 5.69 Å². The van der Waals surface area contributed by atoms with Gasteiger partial charge >= 0.3 is 0 Å². The zero-order valence-electron chi connectivity index (χ0n) is 13.1. The smallest absolute Gasteiger partial charge is 0.251 e. The van der Waals surface area contributed by atoms with E-state index in [0.717, 1.165) is 5.56 Å². The first-order valence-electron chi connectivity index (χ1n) is 7.21. The summed E-state index contributed by atoms with van der Waals surface area (Å²) in [6.45, 7) is 3.29. The summed E-state index contributed by atoms with van der Waals surface area (Å²) in [5, 5.41) is 5.22. The van der Waals surface area contributed by atoms with Gasteiger partial charge in [-0.05, 0) is 50.2 Å². The molecule has 0 saturated carbocycles. The Balaban J connectivity index is 1.86. The molecule has 0 aliphatic carbocycles. The third-order valence-corrected chi connectivity index (χ3v) is 3.30. The number of carbonyl (C=O) groups excluding carboxylic acids is 3. The number of hydrogen-bond donors (Lipinski definition) is 2. The van der Waals surface area contributed by atoms with E-state index in [2.05, 4.69) is 10.6 Å². The first kappa shape index (κ1) is 16.4. The molecule has 0 unspecified atom stereocenters. The van der Waals surface area contributed by atoms with E-state index in [1.165, 1.54) is 6.92 Å². The largest absolute Gasteiger partial charge is 0.343 e. The van der Waals surface area contributed by atoms with E-state index in [9.17, 15) is 14.4 Å². The second-order valence-electron chi connectivity index (χ2n) is 5.23. The minimum atomic E-state index is -0.332. The lowest BCUT2D eigenvalue weighted by Crippen LogP contribution is -2.32. The molecule has 23 heavy (non-hydrogen) atoms. The highest BCUT2D eigenvalue weighted by atomic mass is 16.2. The molecule has 2 N–H and O–H groups in total. The van der Waals surface area contributed by atoms with E-state index < -0.39 is 0 Å². The minimum Gasteiger partial charge on any atom is -0.343 e. The van der Waals surface area contributed by atoms with Gasteiger partial charge in [-0.2, -0.15) is 0 Å². The highest BCUT2D eigenvalue weighted by Crippen LogP contribution is 2.09. The van der Waals surface area contributed by atoms with Crippen molar-refractivity contribution in [2.75, 3.05) is 11.9 Å². The van der Waals surface area contributed by atoms with E-state index in [1.54, 1.807) is 36.4 Å². The fraction of sp³-hybridized carbons (Fsp3) is 0.167. The molecule has 0 aliphatic rings. The third kappa shape index (κ3) is 4.78. The number of rotatable bonds is 5. The number of anilines is 1. The molecule has 0 spiro atoms. The maximum atomic E-state index is 11.9. The Hall–Kier alpha value is -2.95.